The van der Waals surface area contributed by atoms with Crippen molar-refractivity contribution < 1.29 is 43.5 Å². The van der Waals surface area contributed by atoms with E-state index in [1.165, 1.54) is 16.7 Å². The number of nitrogens with zero attached hydrogens (tertiary/aromatic N) is 4. The van der Waals surface area contributed by atoms with Gasteiger partial charge in [0.05, 0.1) is 22.2 Å². The number of β-amino-alcohol motifs (C(OH)–C–C–N with tert-alkyl or cyclic N) is 1. The maximum Gasteiger partial charge on any atom is 0.246 e. The van der Waals surface area contributed by atoms with Crippen LogP contribution in [-0.2, 0) is 44.9 Å². The van der Waals surface area contributed by atoms with Crippen molar-refractivity contribution in [2.45, 2.75) is 167 Å². The second-order valence-corrected chi connectivity index (χ2v) is 20.4. The van der Waals surface area contributed by atoms with Crippen molar-refractivity contribution in [1.29, 1.82) is 0 Å². The Kier molecular flexibility index (Phi) is 21.4. The van der Waals surface area contributed by atoms with E-state index in [2.05, 4.69) is 26.3 Å². The maximum atomic E-state index is 14.0. The molecule has 0 unspecified atom stereocenters. The molecule has 3 aliphatic heterocycles. The molecule has 0 spiro atoms. The quantitative estimate of drug-likeness (QED) is 0.0891. The fourth-order valence-corrected chi connectivity index (χ4v) is 10.0. The van der Waals surface area contributed by atoms with Gasteiger partial charge >= 0.3 is 0 Å². The van der Waals surface area contributed by atoms with E-state index in [1.807, 2.05) is 52.0 Å². The van der Waals surface area contributed by atoms with Gasteiger partial charge in [0.25, 0.3) is 0 Å². The lowest BCUT2D eigenvalue weighted by molar-refractivity contribution is -0.144. The highest BCUT2D eigenvalue weighted by Gasteiger charge is 2.46. The number of halogens is 1. The molecule has 9 N–H and O–H groups in total. The van der Waals surface area contributed by atoms with Gasteiger partial charge in [-0.2, -0.15) is 0 Å². The highest BCUT2D eigenvalue weighted by atomic mass is 35.5. The zero-order valence-electron chi connectivity index (χ0n) is 40.6. The average molecular weight is 1000 g/mol. The summed E-state index contributed by atoms with van der Waals surface area (Å²) in [6.07, 6.45) is 5.24. The molecule has 0 aliphatic carbocycles. The highest BCUT2D eigenvalue weighted by Crippen LogP contribution is 2.31. The smallest absolute Gasteiger partial charge is 0.246 e. The lowest BCUT2D eigenvalue weighted by Gasteiger charge is -2.37. The summed E-state index contributed by atoms with van der Waals surface area (Å²) >= 11 is 1.56. The van der Waals surface area contributed by atoms with E-state index in [-0.39, 0.29) is 81.5 Å². The Bertz CT molecular complexity index is 2120. The Hall–Kier alpha value is -5.18. The van der Waals surface area contributed by atoms with Crippen LogP contribution in [0.3, 0.4) is 0 Å². The molecule has 2 aromatic rings. The predicted molar refractivity (Wildman–Crippen MR) is 263 cm³/mol. The SMILES string of the molecule is CC(=O)N1CC[C@H]2CC[C@@H](C(=O)N[C@@H](CCC(N)=O)C(=O)NCCCCCCCCC(=O)N[C@H](C(=O)N3C[C@H](O)C[C@H]3C(=O)NCc3ccc(-c4scnc4C)cc3)C(C)(C)C)N2C(=O)[C@@H](N)C1.Cl. The summed E-state index contributed by atoms with van der Waals surface area (Å²) < 4.78 is 0. The molecule has 3 aliphatic rings. The van der Waals surface area contributed by atoms with Crippen molar-refractivity contribution in [2.75, 3.05) is 26.2 Å². The molecule has 7 atom stereocenters. The van der Waals surface area contributed by atoms with Crippen molar-refractivity contribution in [1.82, 2.24) is 41.0 Å². The molecule has 3 saturated heterocycles. The third-order valence-corrected chi connectivity index (χ3v) is 14.1. The molecule has 382 valence electrons. The van der Waals surface area contributed by atoms with Crippen LogP contribution < -0.4 is 32.7 Å². The van der Waals surface area contributed by atoms with Crippen molar-refractivity contribution in [3.63, 3.8) is 0 Å². The minimum absolute atomic E-state index is 0. The first-order valence-corrected chi connectivity index (χ1v) is 24.9. The second kappa shape index (κ2) is 26.1. The van der Waals surface area contributed by atoms with Gasteiger partial charge in [-0.1, -0.05) is 70.7 Å². The van der Waals surface area contributed by atoms with Crippen LogP contribution in [0.15, 0.2) is 29.8 Å². The first-order chi connectivity index (χ1) is 32.2. The van der Waals surface area contributed by atoms with Crippen LogP contribution in [0.4, 0.5) is 0 Å². The van der Waals surface area contributed by atoms with Crippen molar-refractivity contribution >= 4 is 71.0 Å². The minimum atomic E-state index is -1.04. The number of hydrogen-bond acceptors (Lipinski definition) is 12. The third-order valence-electron chi connectivity index (χ3n) is 13.1. The molecule has 0 radical (unpaired) electrons. The Morgan fingerprint density at radius 2 is 1.57 bits per heavy atom. The number of benzene rings is 1. The van der Waals surface area contributed by atoms with Gasteiger partial charge in [-0.05, 0) is 62.0 Å². The van der Waals surface area contributed by atoms with E-state index in [1.54, 1.807) is 21.7 Å². The molecule has 5 rings (SSSR count). The van der Waals surface area contributed by atoms with Gasteiger partial charge in [-0.3, -0.25) is 38.4 Å². The molecular weight excluding hydrogens is 928 g/mol. The lowest BCUT2D eigenvalue weighted by atomic mass is 9.85. The minimum Gasteiger partial charge on any atom is -0.391 e. The topological polar surface area (TPSA) is 280 Å². The number of primary amides is 1. The molecule has 0 bridgehead atoms. The number of aryl methyl sites for hydroxylation is 1. The summed E-state index contributed by atoms with van der Waals surface area (Å²) in [6, 6.07) is 2.91. The Labute approximate surface area is 415 Å². The van der Waals surface area contributed by atoms with Crippen molar-refractivity contribution in [2.24, 2.45) is 16.9 Å². The summed E-state index contributed by atoms with van der Waals surface area (Å²) in [7, 11) is 0. The second-order valence-electron chi connectivity index (χ2n) is 19.5. The summed E-state index contributed by atoms with van der Waals surface area (Å²) in [4.78, 5) is 114. The summed E-state index contributed by atoms with van der Waals surface area (Å²) in [5.41, 5.74) is 15.6. The summed E-state index contributed by atoms with van der Waals surface area (Å²) in [6.45, 7) is 9.98. The van der Waals surface area contributed by atoms with Gasteiger partial charge in [0.15, 0.2) is 0 Å². The van der Waals surface area contributed by atoms with Crippen LogP contribution in [-0.4, -0.2) is 141 Å². The van der Waals surface area contributed by atoms with Gasteiger partial charge in [-0.15, -0.1) is 23.7 Å². The normalized spacial score (nSPS) is 21.2. The van der Waals surface area contributed by atoms with E-state index in [0.717, 1.165) is 47.4 Å². The molecule has 1 aromatic carbocycles. The predicted octanol–water partition coefficient (Wildman–Crippen LogP) is 2.19. The van der Waals surface area contributed by atoms with Crippen molar-refractivity contribution in [3.05, 3.63) is 41.0 Å². The van der Waals surface area contributed by atoms with Gasteiger partial charge < -0.3 is 52.5 Å². The van der Waals surface area contributed by atoms with Crippen LogP contribution >= 0.6 is 23.7 Å². The molecule has 19 nitrogen and oxygen atoms in total. The first kappa shape index (κ1) is 56.4. The zero-order chi connectivity index (χ0) is 49.7. The van der Waals surface area contributed by atoms with Gasteiger partial charge in [0.1, 0.15) is 30.2 Å². The molecule has 4 heterocycles. The number of rotatable bonds is 21. The van der Waals surface area contributed by atoms with Crippen LogP contribution in [0, 0.1) is 12.3 Å². The summed E-state index contributed by atoms with van der Waals surface area (Å²) in [5.74, 6) is -3.24. The standard InChI is InChI=1S/C48H72N10O9S.ClH/c1-29-41(68-28-53-29)32-15-13-31(14-16-32)25-52-44(64)38-24-34(60)26-57(38)47(67)42(48(3,4)5)55-40(62)12-10-8-6-7-9-11-22-51-43(63)36(18-20-39(50)61)54-45(65)37-19-17-33-21-23-56(30(2)59)27-35(49)46(66)58(33)37;/h13-16,28,33-38,42,60H,6-12,17-27,49H2,1-5H3,(H2,50,61)(H,51,63)(H,52,64)(H,54,65)(H,55,62);1H/t33-,34-,35+,36+,37+,38+,42-;/m1./s1. The molecule has 8 amide bonds. The fraction of sp³-hybridized carbons (Fsp3) is 0.646. The Morgan fingerprint density at radius 3 is 2.20 bits per heavy atom. The van der Waals surface area contributed by atoms with Gasteiger partial charge in [0, 0.05) is 65.0 Å². The van der Waals surface area contributed by atoms with E-state index in [9.17, 15) is 43.5 Å². The Balaban J connectivity index is 0.0000104. The molecular formula is C48H73ClN10O9S. The van der Waals surface area contributed by atoms with Gasteiger partial charge in [-0.25, -0.2) is 4.98 Å². The zero-order valence-corrected chi connectivity index (χ0v) is 42.3. The number of aliphatic hydroxyl groups is 1. The first-order valence-electron chi connectivity index (χ1n) is 24.0. The van der Waals surface area contributed by atoms with Crippen LogP contribution in [0.25, 0.3) is 10.4 Å². The summed E-state index contributed by atoms with van der Waals surface area (Å²) in [5, 5.41) is 22.0. The number of likely N-dealkylation sites (tertiary alicyclic amines) is 1. The average Bonchev–Trinajstić information content (AvgIpc) is 4.03. The number of nitrogens with two attached hydrogens (primary N) is 2. The molecule has 21 heteroatoms. The van der Waals surface area contributed by atoms with Crippen molar-refractivity contribution in [3.8, 4) is 10.4 Å². The number of aliphatic hydroxyl groups excluding tert-OH is 1. The lowest BCUT2D eigenvalue weighted by Crippen LogP contribution is -2.60. The molecule has 3 fully saturated rings. The largest absolute Gasteiger partial charge is 0.391 e. The molecule has 0 saturated carbocycles. The maximum absolute atomic E-state index is 14.0. The van der Waals surface area contributed by atoms with Crippen LogP contribution in [0.1, 0.15) is 122 Å². The number of carbonyl (C=O) groups excluding carboxylic acids is 8. The van der Waals surface area contributed by atoms with Gasteiger partial charge in [0.2, 0.25) is 47.3 Å². The van der Waals surface area contributed by atoms with E-state index < -0.39 is 71.3 Å². The van der Waals surface area contributed by atoms with E-state index in [0.29, 0.717) is 45.2 Å². The number of thiazole rings is 1. The van der Waals surface area contributed by atoms with Crippen LogP contribution in [0.2, 0.25) is 0 Å². The number of hydrogen-bond donors (Lipinski definition) is 7. The monoisotopic (exact) mass is 1000 g/mol. The number of carbonyl (C=O) groups is 8. The number of amides is 8. The Morgan fingerprint density at radius 1 is 0.884 bits per heavy atom. The highest BCUT2D eigenvalue weighted by molar-refractivity contribution is 7.13. The fourth-order valence-electron chi connectivity index (χ4n) is 9.24. The number of unbranched alkanes of at least 4 members (excludes halogenated alkanes) is 5. The number of fused-ring (bicyclic) bond motifs is 1. The number of aromatic nitrogens is 1. The van der Waals surface area contributed by atoms with E-state index >= 15 is 0 Å². The third kappa shape index (κ3) is 15.9. The van der Waals surface area contributed by atoms with E-state index in [4.69, 9.17) is 11.5 Å². The number of nitrogens with one attached hydrogen (secondary N) is 4. The molecule has 69 heavy (non-hydrogen) atoms. The van der Waals surface area contributed by atoms with Crippen LogP contribution in [0.5, 0.6) is 0 Å². The molecule has 1 aromatic heterocycles.